The number of aryl methyl sites for hydroxylation is 1. The molecule has 2 aromatic carbocycles. The third kappa shape index (κ3) is 2.70. The van der Waals surface area contributed by atoms with E-state index < -0.39 is 0 Å². The average Bonchev–Trinajstić information content (AvgIpc) is 3.22. The highest BCUT2D eigenvalue weighted by Crippen LogP contribution is 2.33. The van der Waals surface area contributed by atoms with E-state index in [0.29, 0.717) is 0 Å². The van der Waals surface area contributed by atoms with Gasteiger partial charge >= 0.3 is 0 Å². The summed E-state index contributed by atoms with van der Waals surface area (Å²) in [7, 11) is 0. The van der Waals surface area contributed by atoms with E-state index in [2.05, 4.69) is 56.3 Å². The molecule has 0 saturated carbocycles. The van der Waals surface area contributed by atoms with Crippen molar-refractivity contribution in [2.45, 2.75) is 19.9 Å². The van der Waals surface area contributed by atoms with Crippen molar-refractivity contribution in [2.24, 2.45) is 0 Å². The van der Waals surface area contributed by atoms with Crippen molar-refractivity contribution in [2.75, 3.05) is 17.2 Å². The topological polar surface area (TPSA) is 83.7 Å². The molecule has 27 heavy (non-hydrogen) atoms. The standard InChI is InChI=1S/C21H20N6/c1-13-8-15(19-4-6-25-26-19)10-18-20(13)23-12-24-21(18)27-7-5-14-2-3-17(22)9-16(14)11-27/h2-4,6,8-10,12H,5,7,11,22H2,1H3,(H,25,26). The Morgan fingerprint density at radius 1 is 1.07 bits per heavy atom. The molecule has 4 aromatic rings. The number of nitrogens with two attached hydrogens (primary N) is 1. The van der Waals surface area contributed by atoms with Gasteiger partial charge in [-0.25, -0.2) is 9.97 Å². The third-order valence-electron chi connectivity index (χ3n) is 5.26. The number of aromatic nitrogens is 4. The molecule has 3 N–H and O–H groups in total. The molecule has 2 aromatic heterocycles. The number of fused-ring (bicyclic) bond motifs is 2. The fourth-order valence-corrected chi connectivity index (χ4v) is 3.91. The molecule has 0 atom stereocenters. The summed E-state index contributed by atoms with van der Waals surface area (Å²) < 4.78 is 0. The number of H-pyrrole nitrogens is 1. The summed E-state index contributed by atoms with van der Waals surface area (Å²) in [6.07, 6.45) is 4.42. The van der Waals surface area contributed by atoms with Gasteiger partial charge in [-0.3, -0.25) is 5.10 Å². The molecule has 1 aliphatic heterocycles. The average molecular weight is 356 g/mol. The fraction of sp³-hybridized carbons (Fsp3) is 0.190. The molecule has 0 saturated heterocycles. The first kappa shape index (κ1) is 15.8. The van der Waals surface area contributed by atoms with Crippen LogP contribution in [0.5, 0.6) is 0 Å². The maximum atomic E-state index is 6.00. The number of nitrogen functional groups attached to an aromatic ring is 1. The predicted molar refractivity (Wildman–Crippen MR) is 107 cm³/mol. The lowest BCUT2D eigenvalue weighted by Gasteiger charge is -2.30. The van der Waals surface area contributed by atoms with Gasteiger partial charge in [-0.15, -0.1) is 0 Å². The Morgan fingerprint density at radius 3 is 2.85 bits per heavy atom. The Bertz CT molecular complexity index is 1130. The zero-order valence-electron chi connectivity index (χ0n) is 15.1. The van der Waals surface area contributed by atoms with Crippen molar-refractivity contribution in [3.8, 4) is 11.3 Å². The van der Waals surface area contributed by atoms with Gasteiger partial charge in [0.2, 0.25) is 0 Å². The van der Waals surface area contributed by atoms with Gasteiger partial charge in [0.05, 0.1) is 11.2 Å². The molecule has 0 aliphatic carbocycles. The van der Waals surface area contributed by atoms with Crippen LogP contribution in [-0.2, 0) is 13.0 Å². The number of benzene rings is 2. The minimum Gasteiger partial charge on any atom is -0.399 e. The van der Waals surface area contributed by atoms with Crippen molar-refractivity contribution in [1.82, 2.24) is 20.2 Å². The van der Waals surface area contributed by atoms with Crippen LogP contribution in [0.1, 0.15) is 16.7 Å². The minimum atomic E-state index is 0.805. The van der Waals surface area contributed by atoms with E-state index in [4.69, 9.17) is 5.73 Å². The van der Waals surface area contributed by atoms with E-state index in [9.17, 15) is 0 Å². The zero-order chi connectivity index (χ0) is 18.4. The van der Waals surface area contributed by atoms with E-state index in [1.54, 1.807) is 12.5 Å². The highest BCUT2D eigenvalue weighted by Gasteiger charge is 2.20. The molecule has 0 fully saturated rings. The summed E-state index contributed by atoms with van der Waals surface area (Å²) in [6, 6.07) is 12.5. The van der Waals surface area contributed by atoms with E-state index >= 15 is 0 Å². The first-order valence-electron chi connectivity index (χ1n) is 9.06. The van der Waals surface area contributed by atoms with Gasteiger partial charge in [0, 0.05) is 35.9 Å². The van der Waals surface area contributed by atoms with Gasteiger partial charge < -0.3 is 10.6 Å². The number of aromatic amines is 1. The largest absolute Gasteiger partial charge is 0.399 e. The lowest BCUT2D eigenvalue weighted by atomic mass is 9.98. The molecule has 1 aliphatic rings. The smallest absolute Gasteiger partial charge is 0.140 e. The van der Waals surface area contributed by atoms with Gasteiger partial charge in [-0.1, -0.05) is 6.07 Å². The number of anilines is 2. The molecule has 5 rings (SSSR count). The van der Waals surface area contributed by atoms with Gasteiger partial charge in [-0.05, 0) is 60.4 Å². The Hall–Kier alpha value is -3.41. The Morgan fingerprint density at radius 2 is 2.00 bits per heavy atom. The van der Waals surface area contributed by atoms with Crippen molar-refractivity contribution < 1.29 is 0 Å². The molecule has 0 bridgehead atoms. The molecule has 0 unspecified atom stereocenters. The summed E-state index contributed by atoms with van der Waals surface area (Å²) >= 11 is 0. The fourth-order valence-electron chi connectivity index (χ4n) is 3.91. The van der Waals surface area contributed by atoms with Crippen LogP contribution in [0.3, 0.4) is 0 Å². The number of hydrogen-bond donors (Lipinski definition) is 2. The van der Waals surface area contributed by atoms with E-state index in [1.807, 2.05) is 12.1 Å². The Balaban J connectivity index is 1.63. The lowest BCUT2D eigenvalue weighted by molar-refractivity contribution is 0.723. The van der Waals surface area contributed by atoms with Crippen molar-refractivity contribution in [3.63, 3.8) is 0 Å². The first-order valence-corrected chi connectivity index (χ1v) is 9.06. The monoisotopic (exact) mass is 356 g/mol. The number of nitrogens with zero attached hydrogens (tertiary/aromatic N) is 4. The molecule has 0 amide bonds. The predicted octanol–water partition coefficient (Wildman–Crippen LogP) is 3.47. The quantitative estimate of drug-likeness (QED) is 0.537. The van der Waals surface area contributed by atoms with Crippen molar-refractivity contribution in [1.29, 1.82) is 0 Å². The Kier molecular flexibility index (Phi) is 3.57. The molecule has 0 radical (unpaired) electrons. The zero-order valence-corrected chi connectivity index (χ0v) is 15.1. The molecular formula is C21H20N6. The van der Waals surface area contributed by atoms with Gasteiger partial charge in [-0.2, -0.15) is 5.10 Å². The van der Waals surface area contributed by atoms with Crippen LogP contribution < -0.4 is 10.6 Å². The van der Waals surface area contributed by atoms with E-state index in [-0.39, 0.29) is 0 Å². The molecular weight excluding hydrogens is 336 g/mol. The molecule has 0 spiro atoms. The van der Waals surface area contributed by atoms with Crippen molar-refractivity contribution >= 4 is 22.4 Å². The first-order chi connectivity index (χ1) is 13.2. The summed E-state index contributed by atoms with van der Waals surface area (Å²) in [6.45, 7) is 3.82. The summed E-state index contributed by atoms with van der Waals surface area (Å²) in [4.78, 5) is 11.5. The summed E-state index contributed by atoms with van der Waals surface area (Å²) in [5.74, 6) is 0.970. The summed E-state index contributed by atoms with van der Waals surface area (Å²) in [5, 5.41) is 8.18. The highest BCUT2D eigenvalue weighted by molar-refractivity contribution is 5.94. The molecule has 3 heterocycles. The second-order valence-corrected chi connectivity index (χ2v) is 7.06. The van der Waals surface area contributed by atoms with Crippen LogP contribution >= 0.6 is 0 Å². The minimum absolute atomic E-state index is 0.805. The summed E-state index contributed by atoms with van der Waals surface area (Å²) in [5.41, 5.74) is 13.6. The molecule has 6 heteroatoms. The highest BCUT2D eigenvalue weighted by atomic mass is 15.2. The van der Waals surface area contributed by atoms with E-state index in [1.165, 1.54) is 11.1 Å². The van der Waals surface area contributed by atoms with Gasteiger partial charge in [0.15, 0.2) is 0 Å². The van der Waals surface area contributed by atoms with Crippen LogP contribution in [0.4, 0.5) is 11.5 Å². The number of rotatable bonds is 2. The van der Waals surface area contributed by atoms with Crippen molar-refractivity contribution in [3.05, 3.63) is 65.6 Å². The van der Waals surface area contributed by atoms with E-state index in [0.717, 1.165) is 58.7 Å². The molecule has 6 nitrogen and oxygen atoms in total. The second-order valence-electron chi connectivity index (χ2n) is 7.06. The third-order valence-corrected chi connectivity index (χ3v) is 5.26. The SMILES string of the molecule is Cc1cc(-c2ccn[nH]2)cc2c(N3CCc4ccc(N)cc4C3)ncnc12. The maximum absolute atomic E-state index is 6.00. The number of hydrogen-bond acceptors (Lipinski definition) is 5. The lowest BCUT2D eigenvalue weighted by Crippen LogP contribution is -2.31. The van der Waals surface area contributed by atoms with Crippen LogP contribution in [-0.4, -0.2) is 26.7 Å². The van der Waals surface area contributed by atoms with Crippen LogP contribution in [0.15, 0.2) is 48.9 Å². The van der Waals surface area contributed by atoms with Gasteiger partial charge in [0.25, 0.3) is 0 Å². The van der Waals surface area contributed by atoms with Gasteiger partial charge in [0.1, 0.15) is 12.1 Å². The van der Waals surface area contributed by atoms with Crippen LogP contribution in [0.2, 0.25) is 0 Å². The van der Waals surface area contributed by atoms with Crippen LogP contribution in [0.25, 0.3) is 22.2 Å². The number of nitrogens with one attached hydrogen (secondary N) is 1. The normalized spacial score (nSPS) is 13.7. The molecule has 134 valence electrons. The van der Waals surface area contributed by atoms with Crippen LogP contribution in [0, 0.1) is 6.92 Å². The second kappa shape index (κ2) is 6.09. The maximum Gasteiger partial charge on any atom is 0.140 e. The Labute approximate surface area is 157 Å².